The number of hydrogen-bond acceptors (Lipinski definition) is 4. The lowest BCUT2D eigenvalue weighted by Gasteiger charge is -2.29. The molecule has 22 heavy (non-hydrogen) atoms. The minimum absolute atomic E-state index is 0.715. The second-order valence-electron chi connectivity index (χ2n) is 5.06. The molecule has 0 aliphatic carbocycles. The van der Waals surface area contributed by atoms with E-state index in [9.17, 15) is 8.42 Å². The van der Waals surface area contributed by atoms with Crippen LogP contribution in [-0.2, 0) is 10.1 Å². The van der Waals surface area contributed by atoms with Crippen molar-refractivity contribution in [2.24, 2.45) is 4.99 Å². The number of benzene rings is 1. The van der Waals surface area contributed by atoms with Crippen LogP contribution < -0.4 is 4.74 Å². The van der Waals surface area contributed by atoms with Gasteiger partial charge in [-0.3, -0.25) is 9.55 Å². The molecule has 0 radical (unpaired) electrons. The number of hydrogen-bond donors (Lipinski definition) is 1. The van der Waals surface area contributed by atoms with Gasteiger partial charge in [0.25, 0.3) is 10.1 Å². The van der Waals surface area contributed by atoms with Gasteiger partial charge in [0.15, 0.2) is 0 Å². The van der Waals surface area contributed by atoms with Crippen molar-refractivity contribution in [3.8, 4) is 5.75 Å². The van der Waals surface area contributed by atoms with Crippen molar-refractivity contribution >= 4 is 16.0 Å². The van der Waals surface area contributed by atoms with E-state index in [0.29, 0.717) is 6.26 Å². The number of piperidine rings is 1. The van der Waals surface area contributed by atoms with Gasteiger partial charge in [0.1, 0.15) is 11.6 Å². The van der Waals surface area contributed by atoms with Crippen LogP contribution in [-0.4, -0.2) is 57.2 Å². The van der Waals surface area contributed by atoms with Gasteiger partial charge < -0.3 is 9.64 Å². The van der Waals surface area contributed by atoms with Gasteiger partial charge in [0.2, 0.25) is 0 Å². The predicted octanol–water partition coefficient (Wildman–Crippen LogP) is 2.06. The number of ether oxygens (including phenoxy) is 1. The summed E-state index contributed by atoms with van der Waals surface area (Å²) in [5, 5.41) is 0. The topological polar surface area (TPSA) is 79.2 Å². The zero-order valence-corrected chi connectivity index (χ0v) is 14.1. The number of amidine groups is 1. The van der Waals surface area contributed by atoms with Gasteiger partial charge in [0, 0.05) is 25.7 Å². The van der Waals surface area contributed by atoms with Crippen molar-refractivity contribution < 1.29 is 17.7 Å². The molecule has 1 aliphatic heterocycles. The Balaban J connectivity index is 0.000000422. The van der Waals surface area contributed by atoms with E-state index in [1.54, 1.807) is 7.11 Å². The molecule has 1 fully saturated rings. The third-order valence-corrected chi connectivity index (χ3v) is 3.22. The first-order chi connectivity index (χ1) is 10.3. The lowest BCUT2D eigenvalue weighted by atomic mass is 10.1. The molecule has 124 valence electrons. The van der Waals surface area contributed by atoms with Gasteiger partial charge in [-0.2, -0.15) is 8.42 Å². The molecule has 0 saturated carbocycles. The second kappa shape index (κ2) is 8.75. The maximum atomic E-state index is 9.19. The molecule has 0 atom stereocenters. The summed E-state index contributed by atoms with van der Waals surface area (Å²) in [6, 6.07) is 8.14. The Morgan fingerprint density at radius 1 is 1.18 bits per heavy atom. The van der Waals surface area contributed by atoms with Crippen LogP contribution in [0.1, 0.15) is 24.8 Å². The fraction of sp³-hybridized carbons (Fsp3) is 0.533. The lowest BCUT2D eigenvalue weighted by Crippen LogP contribution is -2.36. The summed E-state index contributed by atoms with van der Waals surface area (Å²) in [7, 11) is -0.108. The Hall–Kier alpha value is -1.60. The van der Waals surface area contributed by atoms with Gasteiger partial charge in [-0.25, -0.2) is 0 Å². The van der Waals surface area contributed by atoms with Crippen LogP contribution in [0.15, 0.2) is 29.3 Å². The largest absolute Gasteiger partial charge is 0.497 e. The summed E-state index contributed by atoms with van der Waals surface area (Å²) >= 11 is 0. The fourth-order valence-corrected chi connectivity index (χ4v) is 2.30. The number of aliphatic imine (C=N–C) groups is 1. The first kappa shape index (κ1) is 18.4. The van der Waals surface area contributed by atoms with E-state index >= 15 is 0 Å². The Bertz CT molecular complexity index is 568. The van der Waals surface area contributed by atoms with Gasteiger partial charge in [-0.1, -0.05) is 0 Å². The predicted molar refractivity (Wildman–Crippen MR) is 88.4 cm³/mol. The standard InChI is InChI=1S/C14H20N2O.CH4O3S/c1-15-14(16-10-4-3-5-11-16)12-6-8-13(17-2)9-7-12;1-5(2,3)4/h6-9H,3-5,10-11H2,1-2H3;1H3,(H,2,3,4). The molecular weight excluding hydrogens is 304 g/mol. The smallest absolute Gasteiger partial charge is 0.261 e. The van der Waals surface area contributed by atoms with Gasteiger partial charge >= 0.3 is 0 Å². The van der Waals surface area contributed by atoms with E-state index < -0.39 is 10.1 Å². The summed E-state index contributed by atoms with van der Waals surface area (Å²) in [6.07, 6.45) is 4.60. The van der Waals surface area contributed by atoms with E-state index in [2.05, 4.69) is 22.0 Å². The van der Waals surface area contributed by atoms with Crippen LogP contribution in [0.4, 0.5) is 0 Å². The zero-order valence-electron chi connectivity index (χ0n) is 13.3. The molecule has 1 heterocycles. The van der Waals surface area contributed by atoms with Crippen LogP contribution in [0.25, 0.3) is 0 Å². The Kier molecular flexibility index (Phi) is 7.34. The van der Waals surface area contributed by atoms with Crippen LogP contribution in [0.2, 0.25) is 0 Å². The number of methoxy groups -OCH3 is 1. The minimum Gasteiger partial charge on any atom is -0.497 e. The molecule has 1 saturated heterocycles. The van der Waals surface area contributed by atoms with E-state index in [4.69, 9.17) is 9.29 Å². The Labute approximate surface area is 132 Å². The normalized spacial score (nSPS) is 15.8. The first-order valence-corrected chi connectivity index (χ1v) is 8.98. The van der Waals surface area contributed by atoms with E-state index in [-0.39, 0.29) is 0 Å². The van der Waals surface area contributed by atoms with E-state index in [1.165, 1.54) is 24.8 Å². The zero-order chi connectivity index (χ0) is 16.6. The monoisotopic (exact) mass is 328 g/mol. The molecule has 7 heteroatoms. The van der Waals surface area contributed by atoms with E-state index in [0.717, 1.165) is 24.7 Å². The molecule has 1 aromatic rings. The molecule has 1 aliphatic rings. The second-order valence-corrected chi connectivity index (χ2v) is 6.52. The van der Waals surface area contributed by atoms with E-state index in [1.807, 2.05) is 19.2 Å². The number of likely N-dealkylation sites (tertiary alicyclic amines) is 1. The summed E-state index contributed by atoms with van der Waals surface area (Å²) in [4.78, 5) is 6.82. The first-order valence-electron chi connectivity index (χ1n) is 7.13. The number of nitrogens with zero attached hydrogens (tertiary/aromatic N) is 2. The Morgan fingerprint density at radius 2 is 1.68 bits per heavy atom. The maximum absolute atomic E-state index is 9.19. The molecule has 0 unspecified atom stereocenters. The highest BCUT2D eigenvalue weighted by Gasteiger charge is 2.15. The quantitative estimate of drug-likeness (QED) is 0.511. The molecule has 1 N–H and O–H groups in total. The minimum atomic E-state index is -3.67. The molecule has 0 spiro atoms. The summed E-state index contributed by atoms with van der Waals surface area (Å²) in [5.74, 6) is 2.00. The summed E-state index contributed by atoms with van der Waals surface area (Å²) < 4.78 is 31.0. The van der Waals surface area contributed by atoms with Crippen molar-refractivity contribution in [3.05, 3.63) is 29.8 Å². The molecular formula is C15H24N2O4S. The van der Waals surface area contributed by atoms with Crippen molar-refractivity contribution in [2.75, 3.05) is 33.5 Å². The van der Waals surface area contributed by atoms with Gasteiger partial charge in [0.05, 0.1) is 13.4 Å². The summed E-state index contributed by atoms with van der Waals surface area (Å²) in [6.45, 7) is 2.25. The van der Waals surface area contributed by atoms with Crippen molar-refractivity contribution in [1.82, 2.24) is 4.90 Å². The highest BCUT2D eigenvalue weighted by molar-refractivity contribution is 7.85. The average molecular weight is 328 g/mol. The Morgan fingerprint density at radius 3 is 2.09 bits per heavy atom. The average Bonchev–Trinajstić information content (AvgIpc) is 2.48. The van der Waals surface area contributed by atoms with Crippen LogP contribution in [0.3, 0.4) is 0 Å². The SMILES string of the molecule is CN=C(c1ccc(OC)cc1)N1CCCCC1.CS(=O)(=O)O. The van der Waals surface area contributed by atoms with Crippen LogP contribution in [0, 0.1) is 0 Å². The summed E-state index contributed by atoms with van der Waals surface area (Å²) in [5.41, 5.74) is 1.18. The number of rotatable bonds is 2. The molecule has 0 aromatic heterocycles. The van der Waals surface area contributed by atoms with Crippen LogP contribution >= 0.6 is 0 Å². The molecule has 2 rings (SSSR count). The molecule has 0 bridgehead atoms. The lowest BCUT2D eigenvalue weighted by molar-refractivity contribution is 0.342. The molecule has 0 amide bonds. The fourth-order valence-electron chi connectivity index (χ4n) is 2.30. The highest BCUT2D eigenvalue weighted by Crippen LogP contribution is 2.16. The third kappa shape index (κ3) is 6.91. The van der Waals surface area contributed by atoms with Crippen molar-refractivity contribution in [2.45, 2.75) is 19.3 Å². The van der Waals surface area contributed by atoms with Crippen molar-refractivity contribution in [1.29, 1.82) is 0 Å². The highest BCUT2D eigenvalue weighted by atomic mass is 32.2. The molecule has 6 nitrogen and oxygen atoms in total. The third-order valence-electron chi connectivity index (χ3n) is 3.22. The van der Waals surface area contributed by atoms with Gasteiger partial charge in [-0.05, 0) is 43.5 Å². The van der Waals surface area contributed by atoms with Gasteiger partial charge in [-0.15, -0.1) is 0 Å². The van der Waals surface area contributed by atoms with Crippen LogP contribution in [0.5, 0.6) is 5.75 Å². The van der Waals surface area contributed by atoms with Crippen molar-refractivity contribution in [3.63, 3.8) is 0 Å². The maximum Gasteiger partial charge on any atom is 0.261 e. The molecule has 1 aromatic carbocycles.